The second-order valence-electron chi connectivity index (χ2n) is 9.16. The minimum absolute atomic E-state index is 0.0319. The number of carbonyl (C=O) groups excluding carboxylic acids is 2. The van der Waals surface area contributed by atoms with Crippen molar-refractivity contribution in [2.75, 3.05) is 20.3 Å². The van der Waals surface area contributed by atoms with Crippen LogP contribution in [-0.4, -0.2) is 65.9 Å². The number of hydrogen-bond acceptors (Lipinski definition) is 7. The normalized spacial score (nSPS) is 13.8. The molecule has 0 bridgehead atoms. The second kappa shape index (κ2) is 11.4. The summed E-state index contributed by atoms with van der Waals surface area (Å²) in [5, 5.41) is 10.7. The molecular formula is C22H33F2NO7. The van der Waals surface area contributed by atoms with Crippen LogP contribution >= 0.6 is 0 Å². The van der Waals surface area contributed by atoms with Gasteiger partial charge in [0.25, 0.3) is 0 Å². The van der Waals surface area contributed by atoms with E-state index in [-0.39, 0.29) is 18.8 Å². The standard InChI is InChI=1S/C22H33F2NO7/c1-21(2,3)31-19(27)25(20(28)32-22(4,5)6)17(18(26)8-9-29-7)13-30-16-11-14(23)10-15(24)12-16/h10-12,17-18,26H,8-9,13H2,1-7H3. The van der Waals surface area contributed by atoms with Crippen LogP contribution in [0, 0.1) is 11.6 Å². The molecule has 1 rings (SSSR count). The van der Waals surface area contributed by atoms with Crippen LogP contribution in [0.1, 0.15) is 48.0 Å². The van der Waals surface area contributed by atoms with Crippen LogP contribution in [0.25, 0.3) is 0 Å². The van der Waals surface area contributed by atoms with Gasteiger partial charge in [-0.25, -0.2) is 23.3 Å². The van der Waals surface area contributed by atoms with E-state index in [4.69, 9.17) is 18.9 Å². The highest BCUT2D eigenvalue weighted by atomic mass is 19.1. The van der Waals surface area contributed by atoms with Gasteiger partial charge in [0.2, 0.25) is 0 Å². The van der Waals surface area contributed by atoms with E-state index in [0.29, 0.717) is 11.0 Å². The molecule has 1 N–H and O–H groups in total. The number of hydrogen-bond donors (Lipinski definition) is 1. The van der Waals surface area contributed by atoms with E-state index in [0.717, 1.165) is 12.1 Å². The Bertz CT molecular complexity index is 726. The molecule has 10 heteroatoms. The average Bonchev–Trinajstić information content (AvgIpc) is 2.58. The highest BCUT2D eigenvalue weighted by Crippen LogP contribution is 2.22. The highest BCUT2D eigenvalue weighted by molar-refractivity contribution is 5.88. The largest absolute Gasteiger partial charge is 0.491 e. The molecule has 0 spiro atoms. The van der Waals surface area contributed by atoms with Crippen LogP contribution in [0.15, 0.2) is 18.2 Å². The minimum atomic E-state index is -1.31. The average molecular weight is 462 g/mol. The number of ether oxygens (including phenoxy) is 4. The molecule has 0 aliphatic carbocycles. The second-order valence-corrected chi connectivity index (χ2v) is 9.16. The molecule has 0 radical (unpaired) electrons. The van der Waals surface area contributed by atoms with Gasteiger partial charge in [0.15, 0.2) is 0 Å². The number of carbonyl (C=O) groups is 2. The van der Waals surface area contributed by atoms with Crippen LogP contribution < -0.4 is 4.74 Å². The van der Waals surface area contributed by atoms with Crippen LogP contribution in [0.5, 0.6) is 5.75 Å². The Balaban J connectivity index is 3.29. The molecule has 8 nitrogen and oxygen atoms in total. The Morgan fingerprint density at radius 3 is 1.84 bits per heavy atom. The number of imide groups is 1. The van der Waals surface area contributed by atoms with Crippen molar-refractivity contribution in [2.24, 2.45) is 0 Å². The van der Waals surface area contributed by atoms with Crippen molar-refractivity contribution in [3.8, 4) is 5.75 Å². The molecule has 0 aliphatic heterocycles. The zero-order valence-corrected chi connectivity index (χ0v) is 19.6. The van der Waals surface area contributed by atoms with Gasteiger partial charge in [0.1, 0.15) is 41.2 Å². The first-order valence-corrected chi connectivity index (χ1v) is 10.1. The minimum Gasteiger partial charge on any atom is -0.491 e. The van der Waals surface area contributed by atoms with Crippen molar-refractivity contribution in [3.05, 3.63) is 29.8 Å². The van der Waals surface area contributed by atoms with E-state index in [1.807, 2.05) is 0 Å². The summed E-state index contributed by atoms with van der Waals surface area (Å²) in [6.07, 6.45) is -3.41. The number of halogens is 2. The van der Waals surface area contributed by atoms with Gasteiger partial charge in [-0.3, -0.25) is 0 Å². The summed E-state index contributed by atoms with van der Waals surface area (Å²) >= 11 is 0. The predicted molar refractivity (Wildman–Crippen MR) is 112 cm³/mol. The van der Waals surface area contributed by atoms with Crippen molar-refractivity contribution in [1.82, 2.24) is 4.90 Å². The molecule has 0 aliphatic rings. The third kappa shape index (κ3) is 9.78. The summed E-state index contributed by atoms with van der Waals surface area (Å²) in [5.41, 5.74) is -1.90. The summed E-state index contributed by atoms with van der Waals surface area (Å²) < 4.78 is 48.1. The van der Waals surface area contributed by atoms with Gasteiger partial charge in [0, 0.05) is 31.9 Å². The molecule has 1 aromatic carbocycles. The Kier molecular flexibility index (Phi) is 9.84. The maximum Gasteiger partial charge on any atom is 0.420 e. The fourth-order valence-corrected chi connectivity index (χ4v) is 2.55. The number of aliphatic hydroxyl groups excluding tert-OH is 1. The lowest BCUT2D eigenvalue weighted by atomic mass is 10.1. The Morgan fingerprint density at radius 1 is 0.969 bits per heavy atom. The highest BCUT2D eigenvalue weighted by Gasteiger charge is 2.40. The van der Waals surface area contributed by atoms with E-state index in [9.17, 15) is 23.5 Å². The lowest BCUT2D eigenvalue weighted by Gasteiger charge is -2.35. The van der Waals surface area contributed by atoms with Gasteiger partial charge < -0.3 is 24.1 Å². The molecule has 0 heterocycles. The molecule has 0 saturated heterocycles. The summed E-state index contributed by atoms with van der Waals surface area (Å²) in [5.74, 6) is -1.92. The summed E-state index contributed by atoms with van der Waals surface area (Å²) in [7, 11) is 1.42. The fourth-order valence-electron chi connectivity index (χ4n) is 2.55. The molecule has 32 heavy (non-hydrogen) atoms. The lowest BCUT2D eigenvalue weighted by Crippen LogP contribution is -2.55. The molecule has 2 atom stereocenters. The third-order valence-electron chi connectivity index (χ3n) is 3.83. The monoisotopic (exact) mass is 461 g/mol. The molecule has 0 aromatic heterocycles. The zero-order chi connectivity index (χ0) is 24.7. The van der Waals surface area contributed by atoms with Crippen molar-refractivity contribution in [3.63, 3.8) is 0 Å². The first kappa shape index (κ1) is 27.6. The van der Waals surface area contributed by atoms with Crippen molar-refractivity contribution >= 4 is 12.2 Å². The number of aliphatic hydroxyl groups is 1. The van der Waals surface area contributed by atoms with Crippen LogP contribution in [0.4, 0.5) is 18.4 Å². The predicted octanol–water partition coefficient (Wildman–Crippen LogP) is 4.28. The van der Waals surface area contributed by atoms with Gasteiger partial charge in [-0.2, -0.15) is 0 Å². The van der Waals surface area contributed by atoms with Gasteiger partial charge in [0.05, 0.1) is 6.10 Å². The molecule has 182 valence electrons. The lowest BCUT2D eigenvalue weighted by molar-refractivity contribution is -0.0366. The molecule has 0 saturated carbocycles. The van der Waals surface area contributed by atoms with E-state index in [1.54, 1.807) is 41.5 Å². The van der Waals surface area contributed by atoms with Gasteiger partial charge in [-0.05, 0) is 48.0 Å². The number of nitrogens with zero attached hydrogens (tertiary/aromatic N) is 1. The van der Waals surface area contributed by atoms with Crippen molar-refractivity contribution in [2.45, 2.75) is 71.3 Å². The van der Waals surface area contributed by atoms with Crippen molar-refractivity contribution in [1.29, 1.82) is 0 Å². The third-order valence-corrected chi connectivity index (χ3v) is 3.83. The molecular weight excluding hydrogens is 428 g/mol. The van der Waals surface area contributed by atoms with E-state index in [1.165, 1.54) is 7.11 Å². The first-order chi connectivity index (χ1) is 14.6. The van der Waals surface area contributed by atoms with E-state index < -0.39 is 53.8 Å². The van der Waals surface area contributed by atoms with Crippen LogP contribution in [-0.2, 0) is 14.2 Å². The Labute approximate surface area is 187 Å². The van der Waals surface area contributed by atoms with Crippen LogP contribution in [0.2, 0.25) is 0 Å². The Hall–Kier alpha value is -2.46. The van der Waals surface area contributed by atoms with Gasteiger partial charge in [-0.1, -0.05) is 0 Å². The molecule has 2 unspecified atom stereocenters. The first-order valence-electron chi connectivity index (χ1n) is 10.1. The molecule has 2 amide bonds. The van der Waals surface area contributed by atoms with Crippen molar-refractivity contribution < 1.29 is 42.4 Å². The zero-order valence-electron chi connectivity index (χ0n) is 19.6. The molecule has 0 fully saturated rings. The Morgan fingerprint density at radius 2 is 1.44 bits per heavy atom. The van der Waals surface area contributed by atoms with Crippen LogP contribution in [0.3, 0.4) is 0 Å². The summed E-state index contributed by atoms with van der Waals surface area (Å²) in [6.45, 7) is 9.30. The summed E-state index contributed by atoms with van der Waals surface area (Å²) in [6, 6.07) is 1.24. The smallest absolute Gasteiger partial charge is 0.420 e. The maximum absolute atomic E-state index is 13.5. The van der Waals surface area contributed by atoms with Gasteiger partial charge >= 0.3 is 12.2 Å². The van der Waals surface area contributed by atoms with E-state index in [2.05, 4.69) is 0 Å². The number of methoxy groups -OCH3 is 1. The SMILES string of the molecule is COCCC(O)C(COc1cc(F)cc(F)c1)N(C(=O)OC(C)(C)C)C(=O)OC(C)(C)C. The number of benzene rings is 1. The fraction of sp³-hybridized carbons (Fsp3) is 0.636. The summed E-state index contributed by atoms with van der Waals surface area (Å²) in [4.78, 5) is 26.4. The van der Waals surface area contributed by atoms with E-state index >= 15 is 0 Å². The number of rotatable bonds is 8. The maximum atomic E-state index is 13.5. The topological polar surface area (TPSA) is 94.5 Å². The number of amides is 2. The quantitative estimate of drug-likeness (QED) is 0.617. The molecule has 1 aromatic rings. The van der Waals surface area contributed by atoms with Gasteiger partial charge in [-0.15, -0.1) is 0 Å².